The molecular weight excluding hydrogens is 264 g/mol. The average molecular weight is 305 g/mol. The van der Waals surface area contributed by atoms with E-state index in [0.29, 0.717) is 0 Å². The fourth-order valence-corrected chi connectivity index (χ4v) is 2.15. The maximum Gasteiger partial charge on any atom is 0.100 e. The summed E-state index contributed by atoms with van der Waals surface area (Å²) in [7, 11) is 0. The molecule has 0 bridgehead atoms. The molecule has 0 saturated carbocycles. The van der Waals surface area contributed by atoms with E-state index < -0.39 is 6.10 Å². The molecule has 3 nitrogen and oxygen atoms in total. The van der Waals surface area contributed by atoms with Gasteiger partial charge in [-0.15, -0.1) is 0 Å². The molecule has 0 saturated heterocycles. The largest absolute Gasteiger partial charge is 0.394 e. The van der Waals surface area contributed by atoms with Crippen molar-refractivity contribution in [2.45, 2.75) is 103 Å². The molecule has 0 radical (unpaired) electrons. The Balaban J connectivity index is 0. The van der Waals surface area contributed by atoms with Crippen LogP contribution < -0.4 is 0 Å². The highest BCUT2D eigenvalue weighted by atomic mass is 16.3. The van der Waals surface area contributed by atoms with Gasteiger partial charge < -0.3 is 15.3 Å². The van der Waals surface area contributed by atoms with Gasteiger partial charge in [0, 0.05) is 0 Å². The summed E-state index contributed by atoms with van der Waals surface area (Å²) in [6.45, 7) is 3.85. The van der Waals surface area contributed by atoms with E-state index in [4.69, 9.17) is 15.3 Å². The summed E-state index contributed by atoms with van der Waals surface area (Å²) in [6.07, 6.45) is 18.0. The summed E-state index contributed by atoms with van der Waals surface area (Å²) < 4.78 is 0. The van der Waals surface area contributed by atoms with E-state index in [1.165, 1.54) is 83.5 Å². The highest BCUT2D eigenvalue weighted by Gasteiger charge is 1.94. The zero-order chi connectivity index (χ0) is 16.2. The number of rotatable bonds is 14. The summed E-state index contributed by atoms with van der Waals surface area (Å²) in [6, 6.07) is 0. The van der Waals surface area contributed by atoms with Gasteiger partial charge in [-0.05, 0) is 0 Å². The van der Waals surface area contributed by atoms with Gasteiger partial charge in [0.25, 0.3) is 0 Å². The van der Waals surface area contributed by atoms with Gasteiger partial charge in [0.1, 0.15) is 6.10 Å². The topological polar surface area (TPSA) is 60.7 Å². The van der Waals surface area contributed by atoms with Gasteiger partial charge >= 0.3 is 0 Å². The minimum Gasteiger partial charge on any atom is -0.394 e. The lowest BCUT2D eigenvalue weighted by molar-refractivity contribution is 0.0450. The fraction of sp³-hybridized carbons (Fsp3) is 1.00. The van der Waals surface area contributed by atoms with Crippen molar-refractivity contribution < 1.29 is 15.3 Å². The van der Waals surface area contributed by atoms with Crippen LogP contribution in [0.3, 0.4) is 0 Å². The Labute approximate surface area is 132 Å². The lowest BCUT2D eigenvalue weighted by Crippen LogP contribution is -2.15. The zero-order valence-corrected chi connectivity index (χ0v) is 14.5. The predicted molar refractivity (Wildman–Crippen MR) is 91.5 cm³/mol. The Bertz CT molecular complexity index is 147. The van der Waals surface area contributed by atoms with Crippen molar-refractivity contribution in [3.8, 4) is 0 Å². The van der Waals surface area contributed by atoms with Gasteiger partial charge in [-0.3, -0.25) is 0 Å². The van der Waals surface area contributed by atoms with Gasteiger partial charge in [0.05, 0.1) is 13.2 Å². The van der Waals surface area contributed by atoms with Crippen molar-refractivity contribution in [3.63, 3.8) is 0 Å². The molecule has 0 aromatic carbocycles. The van der Waals surface area contributed by atoms with Crippen LogP contribution in [0, 0.1) is 0 Å². The van der Waals surface area contributed by atoms with Crippen molar-refractivity contribution in [2.75, 3.05) is 13.2 Å². The van der Waals surface area contributed by atoms with Crippen LogP contribution in [-0.2, 0) is 0 Å². The van der Waals surface area contributed by atoms with E-state index in [1.807, 2.05) is 0 Å². The third kappa shape index (κ3) is 25.2. The first kappa shape index (κ1) is 23.2. The van der Waals surface area contributed by atoms with Crippen LogP contribution in [0.2, 0.25) is 0 Å². The lowest BCUT2D eigenvalue weighted by Gasteiger charge is -2.01. The Morgan fingerprint density at radius 2 is 0.762 bits per heavy atom. The summed E-state index contributed by atoms with van der Waals surface area (Å²) in [5.41, 5.74) is 0. The second-order valence-electron chi connectivity index (χ2n) is 5.91. The molecule has 0 aromatic rings. The second-order valence-corrected chi connectivity index (χ2v) is 5.91. The van der Waals surface area contributed by atoms with Gasteiger partial charge in [0.15, 0.2) is 0 Å². The van der Waals surface area contributed by atoms with Crippen molar-refractivity contribution >= 4 is 0 Å². The van der Waals surface area contributed by atoms with Crippen LogP contribution in [-0.4, -0.2) is 34.6 Å². The Morgan fingerprint density at radius 1 is 0.524 bits per heavy atom. The number of aliphatic hydroxyl groups is 3. The molecular formula is C18H40O3. The average Bonchev–Trinajstić information content (AvgIpc) is 2.52. The van der Waals surface area contributed by atoms with Crippen LogP contribution in [0.25, 0.3) is 0 Å². The third-order valence-corrected chi connectivity index (χ3v) is 3.63. The summed E-state index contributed by atoms with van der Waals surface area (Å²) in [5.74, 6) is 0. The fourth-order valence-electron chi connectivity index (χ4n) is 2.15. The first-order chi connectivity index (χ1) is 10.2. The van der Waals surface area contributed by atoms with Crippen LogP contribution in [0.4, 0.5) is 0 Å². The molecule has 0 spiro atoms. The van der Waals surface area contributed by atoms with Crippen LogP contribution in [0.15, 0.2) is 0 Å². The van der Waals surface area contributed by atoms with E-state index in [9.17, 15) is 0 Å². The van der Waals surface area contributed by atoms with Crippen LogP contribution in [0.5, 0.6) is 0 Å². The minimum atomic E-state index is -0.954. The molecule has 3 heteroatoms. The Hall–Kier alpha value is -0.120. The predicted octanol–water partition coefficient (Wildman–Crippen LogP) is 4.43. The Morgan fingerprint density at radius 3 is 0.905 bits per heavy atom. The molecule has 21 heavy (non-hydrogen) atoms. The highest BCUT2D eigenvalue weighted by molar-refractivity contribution is 4.48. The quantitative estimate of drug-likeness (QED) is 0.416. The number of hydrogen-bond acceptors (Lipinski definition) is 3. The first-order valence-corrected chi connectivity index (χ1v) is 9.12. The molecule has 0 amide bonds. The van der Waals surface area contributed by atoms with E-state index >= 15 is 0 Å². The molecule has 130 valence electrons. The summed E-state index contributed by atoms with van der Waals surface area (Å²) in [5, 5.41) is 24.0. The molecule has 0 atom stereocenters. The van der Waals surface area contributed by atoms with Crippen LogP contribution >= 0.6 is 0 Å². The molecule has 3 N–H and O–H groups in total. The second kappa shape index (κ2) is 22.2. The van der Waals surface area contributed by atoms with E-state index in [1.54, 1.807) is 0 Å². The monoisotopic (exact) mass is 304 g/mol. The molecule has 0 heterocycles. The van der Waals surface area contributed by atoms with E-state index in [0.717, 1.165) is 0 Å². The van der Waals surface area contributed by atoms with Crippen molar-refractivity contribution in [1.29, 1.82) is 0 Å². The standard InChI is InChI=1S/C15H32.C3H8O3/c1-3-5-7-9-11-13-15-14-12-10-8-6-4-2;4-1-3(6)2-5/h3-15H2,1-2H3;3-6H,1-2H2. The van der Waals surface area contributed by atoms with Gasteiger partial charge in [0.2, 0.25) is 0 Å². The molecule has 0 aliphatic rings. The maximum absolute atomic E-state index is 8.17. The normalized spacial score (nSPS) is 10.6. The van der Waals surface area contributed by atoms with Gasteiger partial charge in [-0.1, -0.05) is 97.3 Å². The number of hydrogen-bond donors (Lipinski definition) is 3. The molecule has 0 unspecified atom stereocenters. The van der Waals surface area contributed by atoms with E-state index in [-0.39, 0.29) is 13.2 Å². The van der Waals surface area contributed by atoms with E-state index in [2.05, 4.69) is 13.8 Å². The van der Waals surface area contributed by atoms with Crippen molar-refractivity contribution in [3.05, 3.63) is 0 Å². The summed E-state index contributed by atoms with van der Waals surface area (Å²) in [4.78, 5) is 0. The SMILES string of the molecule is CCCCCCCCCCCCCCC.OCC(O)CO. The molecule has 0 aliphatic heterocycles. The smallest absolute Gasteiger partial charge is 0.100 e. The van der Waals surface area contributed by atoms with Gasteiger partial charge in [-0.2, -0.15) is 0 Å². The van der Waals surface area contributed by atoms with Crippen molar-refractivity contribution in [1.82, 2.24) is 0 Å². The zero-order valence-electron chi connectivity index (χ0n) is 14.5. The Kier molecular flexibility index (Phi) is 24.4. The number of unbranched alkanes of at least 4 members (excludes halogenated alkanes) is 12. The third-order valence-electron chi connectivity index (χ3n) is 3.63. The minimum absolute atomic E-state index is 0.365. The molecule has 0 fully saturated rings. The molecule has 0 aromatic heterocycles. The first-order valence-electron chi connectivity index (χ1n) is 9.12. The summed E-state index contributed by atoms with van der Waals surface area (Å²) >= 11 is 0. The molecule has 0 aliphatic carbocycles. The highest BCUT2D eigenvalue weighted by Crippen LogP contribution is 2.12. The number of aliphatic hydroxyl groups excluding tert-OH is 3. The van der Waals surface area contributed by atoms with Gasteiger partial charge in [-0.25, -0.2) is 0 Å². The lowest BCUT2D eigenvalue weighted by atomic mass is 10.1. The maximum atomic E-state index is 8.17. The van der Waals surface area contributed by atoms with Crippen molar-refractivity contribution in [2.24, 2.45) is 0 Å². The van der Waals surface area contributed by atoms with Crippen LogP contribution in [0.1, 0.15) is 97.3 Å². The molecule has 0 rings (SSSR count).